The van der Waals surface area contributed by atoms with Crippen molar-refractivity contribution in [3.63, 3.8) is 0 Å². The van der Waals surface area contributed by atoms with Crippen LogP contribution in [0.2, 0.25) is 0 Å². The molecule has 0 bridgehead atoms. The molecule has 0 amide bonds. The van der Waals surface area contributed by atoms with Gasteiger partial charge in [0.15, 0.2) is 37.6 Å². The van der Waals surface area contributed by atoms with Gasteiger partial charge in [-0.2, -0.15) is 0 Å². The Kier molecular flexibility index (Phi) is 27.5. The van der Waals surface area contributed by atoms with E-state index in [1.54, 1.807) is 12.3 Å². The molecule has 0 aromatic carbocycles. The zero-order valence-electron chi connectivity index (χ0n) is 66.1. The summed E-state index contributed by atoms with van der Waals surface area (Å²) in [7, 11) is -2.12. The van der Waals surface area contributed by atoms with Gasteiger partial charge in [-0.05, 0) is 154 Å². The molecule has 6 aliphatic carbocycles. The van der Waals surface area contributed by atoms with Gasteiger partial charge >= 0.3 is 11.9 Å². The number of esters is 2. The fourth-order valence-electron chi connectivity index (χ4n) is 21.1. The summed E-state index contributed by atoms with van der Waals surface area (Å²) < 4.78 is 95.3. The Morgan fingerprint density at radius 2 is 1.11 bits per heavy atom. The number of carbonyl (C=O) groups is 2. The van der Waals surface area contributed by atoms with E-state index in [2.05, 4.69) is 61.1 Å². The quantitative estimate of drug-likeness (QED) is 0.0261. The normalized spacial score (nSPS) is 50.8. The molecule has 40 atom stereocenters. The van der Waals surface area contributed by atoms with Gasteiger partial charge < -0.3 is 158 Å². The zero-order chi connectivity index (χ0) is 82.5. The van der Waals surface area contributed by atoms with Gasteiger partial charge in [-0.1, -0.05) is 72.8 Å². The highest BCUT2D eigenvalue weighted by Crippen LogP contribution is 2.76. The number of ether oxygens (including phenoxy) is 14. The van der Waals surface area contributed by atoms with Crippen molar-refractivity contribution in [2.75, 3.05) is 45.0 Å². The van der Waals surface area contributed by atoms with Crippen molar-refractivity contribution < 1.29 is 167 Å². The molecule has 5 saturated carbocycles. The summed E-state index contributed by atoms with van der Waals surface area (Å²) >= 11 is 0. The van der Waals surface area contributed by atoms with Crippen LogP contribution in [0.4, 0.5) is 0 Å². The van der Waals surface area contributed by atoms with Crippen LogP contribution < -0.4 is 0 Å². The smallest absolute Gasteiger partial charge is 0.333 e. The van der Waals surface area contributed by atoms with Gasteiger partial charge in [0.25, 0.3) is 0 Å². The highest BCUT2D eigenvalue weighted by Gasteiger charge is 2.71. The Bertz CT molecular complexity index is 3330. The summed E-state index contributed by atoms with van der Waals surface area (Å²) in [6, 6.07) is 0. The summed E-state index contributed by atoms with van der Waals surface area (Å²) in [6.45, 7) is 19.8. The highest BCUT2D eigenvalue weighted by molar-refractivity contribution is 8.30. The van der Waals surface area contributed by atoms with Gasteiger partial charge in [0.1, 0.15) is 135 Å². The Hall–Kier alpha value is -2.69. The number of hydrogen-bond acceptors (Lipinski definition) is 34. The van der Waals surface area contributed by atoms with Gasteiger partial charge in [-0.15, -0.1) is 10.3 Å². The third-order valence-corrected chi connectivity index (χ3v) is 30.2. The SMILES string of the molecule is C=CS(C)(O)CCC=C(C)C(=O)OCC1OC(OC(=O)C23CCC(C)(C)CC2C2=CCC4C5(C)CCC(OC6OC(COC7OCC(O)C(O)C7OC7CCC(O)C(O)C7O)C(O)C(O)C6O)C(C)(C)C5CCC4(C)C2(C)CC3)C(OC2OC(C)C(OC3OCC(O)C(OC4OCC(O)C(O)C4O)C3O)C(O)C2O)C(O)C1O. The third kappa shape index (κ3) is 17.2. The van der Waals surface area contributed by atoms with E-state index in [9.17, 15) is 96.2 Å². The van der Waals surface area contributed by atoms with Crippen molar-refractivity contribution in [1.29, 1.82) is 0 Å². The maximum absolute atomic E-state index is 16.1. The van der Waals surface area contributed by atoms with Crippen LogP contribution in [0.25, 0.3) is 0 Å². The monoisotopic (exact) mass is 1640 g/mol. The number of carbonyl (C=O) groups excluding carboxylic acids is 2. The summed E-state index contributed by atoms with van der Waals surface area (Å²) in [5.74, 6) is -1.40. The maximum atomic E-state index is 16.1. The molecule has 12 aliphatic rings. The Labute approximate surface area is 659 Å². The summed E-state index contributed by atoms with van der Waals surface area (Å²) in [6.07, 6.45) is -38.8. The lowest BCUT2D eigenvalue weighted by molar-refractivity contribution is -0.379. The van der Waals surface area contributed by atoms with Gasteiger partial charge in [0.2, 0.25) is 6.29 Å². The molecule has 40 unspecified atom stereocenters. The first-order chi connectivity index (χ1) is 52.9. The van der Waals surface area contributed by atoms with E-state index < -0.39 is 261 Å². The molecular formula is C78H126O34S. The van der Waals surface area contributed by atoms with Crippen LogP contribution in [0, 0.1) is 50.2 Å². The second-order valence-corrected chi connectivity index (χ2v) is 39.4. The molecule has 12 rings (SSSR count). The molecule has 648 valence electrons. The molecule has 0 radical (unpaired) electrons. The molecule has 6 saturated heterocycles. The molecule has 35 heteroatoms. The maximum Gasteiger partial charge on any atom is 0.333 e. The van der Waals surface area contributed by atoms with Crippen LogP contribution in [-0.4, -0.2) is 345 Å². The van der Waals surface area contributed by atoms with Gasteiger partial charge in [0.05, 0.1) is 56.3 Å². The largest absolute Gasteiger partial charge is 0.459 e. The van der Waals surface area contributed by atoms with E-state index in [1.807, 2.05) is 0 Å². The Balaban J connectivity index is 0.751. The van der Waals surface area contributed by atoms with Crippen LogP contribution in [0.5, 0.6) is 0 Å². The van der Waals surface area contributed by atoms with E-state index in [0.29, 0.717) is 63.5 Å². The lowest BCUT2D eigenvalue weighted by Gasteiger charge is -2.71. The fraction of sp³-hybridized carbons (Fsp3) is 0.897. The molecule has 0 spiro atoms. The molecule has 6 aliphatic heterocycles. The predicted octanol–water partition coefficient (Wildman–Crippen LogP) is -1.23. The molecule has 0 aromatic heterocycles. The number of allylic oxidation sites excluding steroid dienone is 3. The van der Waals surface area contributed by atoms with Crippen LogP contribution in [-0.2, 0) is 75.9 Å². The lowest BCUT2D eigenvalue weighted by Crippen LogP contribution is -2.67. The predicted molar refractivity (Wildman–Crippen MR) is 392 cm³/mol. The lowest BCUT2D eigenvalue weighted by atomic mass is 9.33. The average Bonchev–Trinajstić information content (AvgIpc) is 0.674. The number of fused-ring (bicyclic) bond motifs is 7. The van der Waals surface area contributed by atoms with Crippen LogP contribution >= 0.6 is 10.3 Å². The van der Waals surface area contributed by atoms with Crippen molar-refractivity contribution in [2.24, 2.45) is 50.2 Å². The number of rotatable bonds is 22. The highest BCUT2D eigenvalue weighted by atomic mass is 32.3. The van der Waals surface area contributed by atoms with Gasteiger partial charge in [-0.3, -0.25) is 4.79 Å². The van der Waals surface area contributed by atoms with Crippen molar-refractivity contribution in [3.05, 3.63) is 35.3 Å². The van der Waals surface area contributed by atoms with Crippen LogP contribution in [0.15, 0.2) is 35.3 Å². The van der Waals surface area contributed by atoms with E-state index in [4.69, 9.17) is 66.3 Å². The van der Waals surface area contributed by atoms with Crippen LogP contribution in [0.1, 0.15) is 146 Å². The molecular weight excluding hydrogens is 1510 g/mol. The van der Waals surface area contributed by atoms with Crippen molar-refractivity contribution >= 4 is 22.2 Å². The zero-order valence-corrected chi connectivity index (χ0v) is 66.9. The molecule has 34 nitrogen and oxygen atoms in total. The van der Waals surface area contributed by atoms with Crippen molar-refractivity contribution in [2.45, 2.75) is 342 Å². The van der Waals surface area contributed by atoms with E-state index >= 15 is 4.79 Å². The molecule has 11 fully saturated rings. The van der Waals surface area contributed by atoms with E-state index in [0.717, 1.165) is 18.4 Å². The minimum absolute atomic E-state index is 0.0479. The molecule has 6 heterocycles. The van der Waals surface area contributed by atoms with E-state index in [1.165, 1.54) is 19.3 Å². The minimum atomic E-state index is -2.12. The standard InChI is InChI=1S/C78H126O34S/c1-12-113(11,98)27-13-14-34(2)65(96)99-32-43-53(88)55(90)64(111-68-59(94)56(91)61(35(3)104-68)109-67-60(95)62(41(82)31-101-67)110-66-57(92)49(84)39(80)29-100-66)71(107-43)112-72(97)78-25-23-73(4,5)28-37(78)36-15-18-46-75(8)21-20-47(74(6,7)45(75)19-22-77(46,10)76(36,9)24-26-78)108-69-58(93)54(89)52(87)44(106-69)33-103-70-63(50(85)40(81)30-102-70)105-42-17-16-38(79)48(83)51(42)86/h12,14-15,35,37-64,66-71,79-95,98H,1,13,16-33H2,2-11H3. The van der Waals surface area contributed by atoms with Crippen molar-refractivity contribution in [3.8, 4) is 0 Å². The first-order valence-corrected chi connectivity index (χ1v) is 42.3. The van der Waals surface area contributed by atoms with Gasteiger partial charge in [0, 0.05) is 11.3 Å². The topological polar surface area (TPSA) is 528 Å². The Morgan fingerprint density at radius 3 is 1.81 bits per heavy atom. The Morgan fingerprint density at radius 1 is 0.540 bits per heavy atom. The number of aliphatic hydroxyl groups excluding tert-OH is 17. The molecule has 113 heavy (non-hydrogen) atoms. The van der Waals surface area contributed by atoms with E-state index in [-0.39, 0.29) is 59.0 Å². The number of hydrogen-bond donors (Lipinski definition) is 18. The summed E-state index contributed by atoms with van der Waals surface area (Å²) in [5.41, 5.74) is -1.83. The van der Waals surface area contributed by atoms with Gasteiger partial charge in [-0.25, -0.2) is 4.79 Å². The second kappa shape index (κ2) is 34.7. The molecule has 0 aromatic rings. The average molecular weight is 1640 g/mol. The first kappa shape index (κ1) is 89.6. The second-order valence-electron chi connectivity index (χ2n) is 36.4. The third-order valence-electron chi connectivity index (χ3n) is 28.4. The fourth-order valence-corrected chi connectivity index (χ4v) is 21.8. The number of aliphatic hydroxyl groups is 17. The van der Waals surface area contributed by atoms with Crippen molar-refractivity contribution in [1.82, 2.24) is 0 Å². The minimum Gasteiger partial charge on any atom is -0.459 e. The first-order valence-electron chi connectivity index (χ1n) is 40.1. The summed E-state index contributed by atoms with van der Waals surface area (Å²) in [5, 5.41) is 190. The summed E-state index contributed by atoms with van der Waals surface area (Å²) in [4.78, 5) is 29.6. The molecule has 18 N–H and O–H groups in total. The van der Waals surface area contributed by atoms with Crippen LogP contribution in [0.3, 0.4) is 0 Å².